The first-order chi connectivity index (χ1) is 8.47. The molecule has 18 heavy (non-hydrogen) atoms. The molecule has 0 saturated carbocycles. The molecule has 0 aromatic heterocycles. The molecule has 1 N–H and O–H groups in total. The molecule has 108 valence electrons. The lowest BCUT2D eigenvalue weighted by molar-refractivity contribution is -0.135. The van der Waals surface area contributed by atoms with Crippen molar-refractivity contribution in [3.63, 3.8) is 0 Å². The first-order valence-electron chi connectivity index (χ1n) is 6.57. The summed E-state index contributed by atoms with van der Waals surface area (Å²) in [5, 5.41) is 3.27. The average Bonchev–Trinajstić information content (AvgIpc) is 2.28. The van der Waals surface area contributed by atoms with Crippen LogP contribution in [0.3, 0.4) is 0 Å². The zero-order valence-corrected chi connectivity index (χ0v) is 10.9. The maximum atomic E-state index is 12.0. The summed E-state index contributed by atoms with van der Waals surface area (Å²) in [5.74, 6) is 0. The topological polar surface area (TPSA) is 24.5 Å². The van der Waals surface area contributed by atoms with Gasteiger partial charge in [0.05, 0.1) is 13.2 Å². The van der Waals surface area contributed by atoms with Gasteiger partial charge in [0.2, 0.25) is 0 Å². The van der Waals surface area contributed by atoms with E-state index in [0.29, 0.717) is 6.42 Å². The van der Waals surface area contributed by atoms with Gasteiger partial charge in [-0.15, -0.1) is 0 Å². The molecule has 6 heteroatoms. The number of hydrogen-bond acceptors (Lipinski definition) is 3. The SMILES string of the molecule is CC(CCCC(F)(F)F)NCCN1CCOCC1. The molecule has 0 amide bonds. The number of hydrogen-bond donors (Lipinski definition) is 1. The highest BCUT2D eigenvalue weighted by atomic mass is 19.4. The molecule has 0 aromatic carbocycles. The summed E-state index contributed by atoms with van der Waals surface area (Å²) in [6, 6.07) is 0.147. The van der Waals surface area contributed by atoms with Gasteiger partial charge in [-0.25, -0.2) is 0 Å². The van der Waals surface area contributed by atoms with Crippen LogP contribution in [0, 0.1) is 0 Å². The summed E-state index contributed by atoms with van der Waals surface area (Å²) < 4.78 is 41.1. The van der Waals surface area contributed by atoms with Gasteiger partial charge in [0, 0.05) is 38.6 Å². The summed E-state index contributed by atoms with van der Waals surface area (Å²) in [6.07, 6.45) is -3.92. The Morgan fingerprint density at radius 1 is 1.28 bits per heavy atom. The predicted octanol–water partition coefficient (Wildman–Crippen LogP) is 2.03. The molecule has 0 aromatic rings. The highest BCUT2D eigenvalue weighted by Crippen LogP contribution is 2.22. The van der Waals surface area contributed by atoms with Crippen molar-refractivity contribution in [2.75, 3.05) is 39.4 Å². The van der Waals surface area contributed by atoms with Crippen LogP contribution in [0.2, 0.25) is 0 Å². The standard InChI is InChI=1S/C12H23F3N2O/c1-11(3-2-4-12(13,14)15)16-5-6-17-7-9-18-10-8-17/h11,16H,2-10H2,1H3. The number of rotatable bonds is 7. The van der Waals surface area contributed by atoms with E-state index in [1.807, 2.05) is 6.92 Å². The molecular weight excluding hydrogens is 245 g/mol. The average molecular weight is 268 g/mol. The summed E-state index contributed by atoms with van der Waals surface area (Å²) in [6.45, 7) is 7.16. The minimum atomic E-state index is -4.02. The minimum Gasteiger partial charge on any atom is -0.379 e. The zero-order chi connectivity index (χ0) is 13.4. The predicted molar refractivity (Wildman–Crippen MR) is 64.6 cm³/mol. The summed E-state index contributed by atoms with van der Waals surface area (Å²) in [5.41, 5.74) is 0. The maximum absolute atomic E-state index is 12.0. The number of alkyl halides is 3. The molecular formula is C12H23F3N2O. The van der Waals surface area contributed by atoms with Crippen LogP contribution >= 0.6 is 0 Å². The number of nitrogens with zero attached hydrogens (tertiary/aromatic N) is 1. The van der Waals surface area contributed by atoms with E-state index in [4.69, 9.17) is 4.74 Å². The van der Waals surface area contributed by atoms with Gasteiger partial charge in [-0.1, -0.05) is 0 Å². The molecule has 3 nitrogen and oxygen atoms in total. The lowest BCUT2D eigenvalue weighted by atomic mass is 10.1. The van der Waals surface area contributed by atoms with Crippen LogP contribution in [0.15, 0.2) is 0 Å². The van der Waals surface area contributed by atoms with Crippen LogP contribution < -0.4 is 5.32 Å². The van der Waals surface area contributed by atoms with Gasteiger partial charge < -0.3 is 10.1 Å². The molecule has 1 fully saturated rings. The Balaban J connectivity index is 1.97. The number of nitrogens with one attached hydrogen (secondary N) is 1. The van der Waals surface area contributed by atoms with Crippen LogP contribution in [0.4, 0.5) is 13.2 Å². The van der Waals surface area contributed by atoms with Gasteiger partial charge in [-0.05, 0) is 19.8 Å². The van der Waals surface area contributed by atoms with E-state index in [1.54, 1.807) is 0 Å². The van der Waals surface area contributed by atoms with Crippen LogP contribution in [-0.2, 0) is 4.74 Å². The highest BCUT2D eigenvalue weighted by molar-refractivity contribution is 4.67. The smallest absolute Gasteiger partial charge is 0.379 e. The number of morpholine rings is 1. The summed E-state index contributed by atoms with van der Waals surface area (Å²) in [7, 11) is 0. The van der Waals surface area contributed by atoms with Crippen LogP contribution in [-0.4, -0.2) is 56.5 Å². The number of ether oxygens (including phenoxy) is 1. The molecule has 0 radical (unpaired) electrons. The monoisotopic (exact) mass is 268 g/mol. The Bertz CT molecular complexity index is 218. The second-order valence-corrected chi connectivity index (χ2v) is 4.82. The van der Waals surface area contributed by atoms with E-state index < -0.39 is 12.6 Å². The molecule has 0 aliphatic carbocycles. The van der Waals surface area contributed by atoms with E-state index in [2.05, 4.69) is 10.2 Å². The largest absolute Gasteiger partial charge is 0.389 e. The third-order valence-corrected chi connectivity index (χ3v) is 3.12. The van der Waals surface area contributed by atoms with Crippen molar-refractivity contribution in [2.45, 2.75) is 38.4 Å². The van der Waals surface area contributed by atoms with Gasteiger partial charge in [-0.3, -0.25) is 4.90 Å². The molecule has 1 atom stereocenters. The van der Waals surface area contributed by atoms with Gasteiger partial charge >= 0.3 is 6.18 Å². The van der Waals surface area contributed by atoms with Crippen molar-refractivity contribution >= 4 is 0 Å². The Morgan fingerprint density at radius 3 is 2.56 bits per heavy atom. The van der Waals surface area contributed by atoms with Gasteiger partial charge in [0.1, 0.15) is 0 Å². The van der Waals surface area contributed by atoms with E-state index in [1.165, 1.54) is 0 Å². The van der Waals surface area contributed by atoms with E-state index in [9.17, 15) is 13.2 Å². The van der Waals surface area contributed by atoms with Crippen LogP contribution in [0.5, 0.6) is 0 Å². The Hall–Kier alpha value is -0.330. The van der Waals surface area contributed by atoms with Crippen molar-refractivity contribution in [3.05, 3.63) is 0 Å². The molecule has 1 aliphatic rings. The van der Waals surface area contributed by atoms with Crippen molar-refractivity contribution < 1.29 is 17.9 Å². The maximum Gasteiger partial charge on any atom is 0.389 e. The molecule has 1 rings (SSSR count). The Kier molecular flexibility index (Phi) is 6.96. The minimum absolute atomic E-state index is 0.147. The first-order valence-corrected chi connectivity index (χ1v) is 6.57. The fourth-order valence-corrected chi connectivity index (χ4v) is 2.00. The Morgan fingerprint density at radius 2 is 1.94 bits per heavy atom. The van der Waals surface area contributed by atoms with Gasteiger partial charge in [-0.2, -0.15) is 13.2 Å². The summed E-state index contributed by atoms with van der Waals surface area (Å²) >= 11 is 0. The highest BCUT2D eigenvalue weighted by Gasteiger charge is 2.26. The molecule has 1 unspecified atom stereocenters. The van der Waals surface area contributed by atoms with Gasteiger partial charge in [0.25, 0.3) is 0 Å². The second kappa shape index (κ2) is 7.96. The van der Waals surface area contributed by atoms with Crippen molar-refractivity contribution in [1.29, 1.82) is 0 Å². The van der Waals surface area contributed by atoms with Crippen molar-refractivity contribution in [3.8, 4) is 0 Å². The lowest BCUT2D eigenvalue weighted by Crippen LogP contribution is -2.41. The van der Waals surface area contributed by atoms with Crippen molar-refractivity contribution in [1.82, 2.24) is 10.2 Å². The zero-order valence-electron chi connectivity index (χ0n) is 10.9. The van der Waals surface area contributed by atoms with E-state index >= 15 is 0 Å². The second-order valence-electron chi connectivity index (χ2n) is 4.82. The molecule has 0 spiro atoms. The first kappa shape index (κ1) is 15.7. The quantitative estimate of drug-likeness (QED) is 0.764. The third-order valence-electron chi connectivity index (χ3n) is 3.12. The fraction of sp³-hybridized carbons (Fsp3) is 1.00. The molecule has 1 saturated heterocycles. The van der Waals surface area contributed by atoms with Crippen LogP contribution in [0.1, 0.15) is 26.2 Å². The fourth-order valence-electron chi connectivity index (χ4n) is 2.00. The third kappa shape index (κ3) is 7.89. The Labute approximate surface area is 107 Å². The van der Waals surface area contributed by atoms with E-state index in [0.717, 1.165) is 39.4 Å². The molecule has 1 heterocycles. The summed E-state index contributed by atoms with van der Waals surface area (Å²) in [4.78, 5) is 2.30. The van der Waals surface area contributed by atoms with E-state index in [-0.39, 0.29) is 12.5 Å². The van der Waals surface area contributed by atoms with Gasteiger partial charge in [0.15, 0.2) is 0 Å². The number of halogens is 3. The van der Waals surface area contributed by atoms with Crippen LogP contribution in [0.25, 0.3) is 0 Å². The lowest BCUT2D eigenvalue weighted by Gasteiger charge is -2.27. The van der Waals surface area contributed by atoms with Crippen molar-refractivity contribution in [2.24, 2.45) is 0 Å². The normalized spacial score (nSPS) is 20.0. The molecule has 0 bridgehead atoms. The molecule has 1 aliphatic heterocycles.